The lowest BCUT2D eigenvalue weighted by Crippen LogP contribution is -2.44. The zero-order valence-corrected chi connectivity index (χ0v) is 22.3. The first-order valence-corrected chi connectivity index (χ1v) is 13.9. The summed E-state index contributed by atoms with van der Waals surface area (Å²) >= 11 is 1.42. The molecule has 0 saturated carbocycles. The molecule has 0 radical (unpaired) electrons. The van der Waals surface area contributed by atoms with Crippen LogP contribution in [0.15, 0.2) is 102 Å². The Morgan fingerprint density at radius 1 is 0.878 bits per heavy atom. The van der Waals surface area contributed by atoms with Crippen molar-refractivity contribution in [2.75, 3.05) is 12.5 Å². The minimum atomic E-state index is -0.439. The van der Waals surface area contributed by atoms with E-state index in [1.165, 1.54) is 16.8 Å². The Hall–Kier alpha value is -5.09. The number of carbonyl (C=O) groups is 2. The van der Waals surface area contributed by atoms with Gasteiger partial charge in [-0.2, -0.15) is 0 Å². The number of fused-ring (bicyclic) bond motifs is 2. The zero-order valence-electron chi connectivity index (χ0n) is 21.5. The summed E-state index contributed by atoms with van der Waals surface area (Å²) in [5.74, 6) is 1.35. The maximum Gasteiger partial charge on any atom is 0.269 e. The van der Waals surface area contributed by atoms with Crippen LogP contribution in [0, 0.1) is 0 Å². The molecule has 9 nitrogen and oxygen atoms in total. The van der Waals surface area contributed by atoms with Gasteiger partial charge in [0, 0.05) is 11.1 Å². The van der Waals surface area contributed by atoms with Crippen molar-refractivity contribution in [2.24, 2.45) is 0 Å². The van der Waals surface area contributed by atoms with Crippen LogP contribution in [0.25, 0.3) is 28.0 Å². The predicted molar refractivity (Wildman–Crippen MR) is 155 cm³/mol. The van der Waals surface area contributed by atoms with Gasteiger partial charge in [-0.25, -0.2) is 9.99 Å². The fourth-order valence-corrected chi connectivity index (χ4v) is 6.04. The fraction of sp³-hybridized carbons (Fsp3) is 0.0968. The number of benzene rings is 4. The first-order valence-electron chi connectivity index (χ1n) is 12.9. The van der Waals surface area contributed by atoms with E-state index in [0.29, 0.717) is 39.5 Å². The van der Waals surface area contributed by atoms with Gasteiger partial charge in [-0.1, -0.05) is 48.5 Å². The van der Waals surface area contributed by atoms with E-state index in [9.17, 15) is 14.4 Å². The van der Waals surface area contributed by atoms with Crippen molar-refractivity contribution in [1.29, 1.82) is 0 Å². The number of hydrazine groups is 1. The molecule has 1 fully saturated rings. The lowest BCUT2D eigenvalue weighted by atomic mass is 10.1. The van der Waals surface area contributed by atoms with E-state index in [4.69, 9.17) is 14.5 Å². The van der Waals surface area contributed by atoms with Gasteiger partial charge in [0.2, 0.25) is 6.79 Å². The molecule has 4 aromatic carbocycles. The number of nitrogens with one attached hydrogen (secondary N) is 1. The van der Waals surface area contributed by atoms with E-state index in [0.717, 1.165) is 11.1 Å². The molecule has 2 amide bonds. The maximum absolute atomic E-state index is 13.6. The molecule has 1 atom stereocenters. The molecule has 2 aliphatic heterocycles. The van der Waals surface area contributed by atoms with Crippen LogP contribution < -0.4 is 20.5 Å². The number of para-hydroxylation sites is 1. The van der Waals surface area contributed by atoms with Crippen molar-refractivity contribution in [1.82, 2.24) is 20.0 Å². The third kappa shape index (κ3) is 4.48. The average Bonchev–Trinajstić information content (AvgIpc) is 3.63. The molecule has 1 unspecified atom stereocenters. The van der Waals surface area contributed by atoms with Gasteiger partial charge in [0.1, 0.15) is 11.2 Å². The largest absolute Gasteiger partial charge is 0.454 e. The Morgan fingerprint density at radius 3 is 2.46 bits per heavy atom. The second-order valence-electron chi connectivity index (χ2n) is 9.49. The number of thioether (sulfide) groups is 1. The number of hydrogen-bond donors (Lipinski definition) is 1. The normalized spacial score (nSPS) is 15.9. The van der Waals surface area contributed by atoms with Gasteiger partial charge in [-0.3, -0.25) is 24.4 Å². The number of hydrogen-bond acceptors (Lipinski definition) is 7. The molecule has 0 spiro atoms. The molecule has 202 valence electrons. The van der Waals surface area contributed by atoms with Gasteiger partial charge in [0.25, 0.3) is 17.4 Å². The van der Waals surface area contributed by atoms with Gasteiger partial charge >= 0.3 is 0 Å². The highest BCUT2D eigenvalue weighted by atomic mass is 32.2. The molecule has 3 heterocycles. The minimum Gasteiger partial charge on any atom is -0.454 e. The Labute approximate surface area is 238 Å². The van der Waals surface area contributed by atoms with Crippen LogP contribution in [-0.4, -0.2) is 38.9 Å². The lowest BCUT2D eigenvalue weighted by Gasteiger charge is -2.24. The van der Waals surface area contributed by atoms with E-state index in [1.54, 1.807) is 47.0 Å². The standard InChI is InChI=1S/C31H22N4O5S/c36-27-17-41-31(21-12-15-25-26(16-21)40-18-39-25)35(27)33-29(37)20-10-13-22(14-11-20)34-28(19-6-2-1-3-7-19)32-24-9-5-4-8-23(24)30(34)38/h1-16,31H,17-18H2,(H,33,37). The number of carbonyl (C=O) groups excluding carboxylic acids is 2. The highest BCUT2D eigenvalue weighted by molar-refractivity contribution is 8.00. The molecule has 2 aliphatic rings. The van der Waals surface area contributed by atoms with Gasteiger partial charge < -0.3 is 9.47 Å². The third-order valence-electron chi connectivity index (χ3n) is 6.97. The van der Waals surface area contributed by atoms with Crippen molar-refractivity contribution in [3.05, 3.63) is 119 Å². The highest BCUT2D eigenvalue weighted by Crippen LogP contribution is 2.42. The Balaban J connectivity index is 1.19. The van der Waals surface area contributed by atoms with Gasteiger partial charge in [-0.05, 0) is 54.1 Å². The molecule has 5 aromatic rings. The van der Waals surface area contributed by atoms with Crippen molar-refractivity contribution in [3.63, 3.8) is 0 Å². The maximum atomic E-state index is 13.6. The second kappa shape index (κ2) is 10.1. The van der Waals surface area contributed by atoms with Crippen LogP contribution in [0.4, 0.5) is 0 Å². The van der Waals surface area contributed by atoms with Crippen molar-refractivity contribution in [3.8, 4) is 28.6 Å². The summed E-state index contributed by atoms with van der Waals surface area (Å²) in [5.41, 5.74) is 5.67. The summed E-state index contributed by atoms with van der Waals surface area (Å²) in [4.78, 5) is 44.4. The smallest absolute Gasteiger partial charge is 0.269 e. The summed E-state index contributed by atoms with van der Waals surface area (Å²) in [6.45, 7) is 0.153. The first-order chi connectivity index (χ1) is 20.1. The summed E-state index contributed by atoms with van der Waals surface area (Å²) < 4.78 is 12.4. The lowest BCUT2D eigenvalue weighted by molar-refractivity contribution is -0.130. The van der Waals surface area contributed by atoms with Crippen LogP contribution in [0.1, 0.15) is 21.3 Å². The topological polar surface area (TPSA) is 103 Å². The molecule has 0 bridgehead atoms. The SMILES string of the molecule is O=C(NN1C(=O)CSC1c1ccc2c(c1)OCO2)c1ccc(-n2c(-c3ccccc3)nc3ccccc3c2=O)cc1. The summed E-state index contributed by atoms with van der Waals surface area (Å²) in [6, 6.07) is 28.9. The zero-order chi connectivity index (χ0) is 27.9. The Bertz CT molecular complexity index is 1870. The first kappa shape index (κ1) is 24.9. The van der Waals surface area contributed by atoms with Crippen LogP contribution in [0.3, 0.4) is 0 Å². The molecular formula is C31H22N4O5S. The van der Waals surface area contributed by atoms with Gasteiger partial charge in [0.05, 0.1) is 22.3 Å². The van der Waals surface area contributed by atoms with Gasteiger partial charge in [-0.15, -0.1) is 11.8 Å². The summed E-state index contributed by atoms with van der Waals surface area (Å²) in [6.07, 6.45) is 0. The minimum absolute atomic E-state index is 0.153. The second-order valence-corrected chi connectivity index (χ2v) is 10.6. The Kier molecular flexibility index (Phi) is 6.16. The predicted octanol–water partition coefficient (Wildman–Crippen LogP) is 4.70. The van der Waals surface area contributed by atoms with Crippen LogP contribution in [0.2, 0.25) is 0 Å². The van der Waals surface area contributed by atoms with Crippen LogP contribution in [0.5, 0.6) is 11.5 Å². The van der Waals surface area contributed by atoms with E-state index in [1.807, 2.05) is 54.6 Å². The van der Waals surface area contributed by atoms with E-state index >= 15 is 0 Å². The number of nitrogens with zero attached hydrogens (tertiary/aromatic N) is 3. The number of rotatable bonds is 5. The molecule has 1 saturated heterocycles. The molecular weight excluding hydrogens is 540 g/mol. The van der Waals surface area contributed by atoms with Gasteiger partial charge in [0.15, 0.2) is 11.5 Å². The fourth-order valence-electron chi connectivity index (χ4n) is 4.95. The molecule has 41 heavy (non-hydrogen) atoms. The van der Waals surface area contributed by atoms with E-state index < -0.39 is 11.3 Å². The number of amides is 2. The van der Waals surface area contributed by atoms with Crippen LogP contribution >= 0.6 is 11.8 Å². The number of aromatic nitrogens is 2. The van der Waals surface area contributed by atoms with Crippen molar-refractivity contribution < 1.29 is 19.1 Å². The quantitative estimate of drug-likeness (QED) is 0.331. The Morgan fingerprint density at radius 2 is 1.63 bits per heavy atom. The van der Waals surface area contributed by atoms with E-state index in [-0.39, 0.29) is 24.0 Å². The van der Waals surface area contributed by atoms with Crippen molar-refractivity contribution >= 4 is 34.5 Å². The van der Waals surface area contributed by atoms with Crippen LogP contribution in [-0.2, 0) is 4.79 Å². The molecule has 10 heteroatoms. The molecule has 1 aromatic heterocycles. The third-order valence-corrected chi connectivity index (χ3v) is 8.18. The summed E-state index contributed by atoms with van der Waals surface area (Å²) in [7, 11) is 0. The average molecular weight is 563 g/mol. The monoisotopic (exact) mass is 562 g/mol. The van der Waals surface area contributed by atoms with Crippen molar-refractivity contribution in [2.45, 2.75) is 5.37 Å². The molecule has 1 N–H and O–H groups in total. The van der Waals surface area contributed by atoms with E-state index in [2.05, 4.69) is 5.43 Å². The molecule has 7 rings (SSSR count). The number of ether oxygens (including phenoxy) is 2. The molecule has 0 aliphatic carbocycles. The summed E-state index contributed by atoms with van der Waals surface area (Å²) in [5, 5.41) is 1.44. The highest BCUT2D eigenvalue weighted by Gasteiger charge is 2.35.